The Morgan fingerprint density at radius 2 is 1.68 bits per heavy atom. The lowest BCUT2D eigenvalue weighted by molar-refractivity contribution is -0.162. The van der Waals surface area contributed by atoms with E-state index >= 15 is 0 Å². The van der Waals surface area contributed by atoms with Gasteiger partial charge < -0.3 is 65.7 Å². The van der Waals surface area contributed by atoms with Gasteiger partial charge >= 0.3 is 27.3 Å². The third-order valence-corrected chi connectivity index (χ3v) is 10.0. The lowest BCUT2D eigenvalue weighted by Crippen LogP contribution is -2.48. The van der Waals surface area contributed by atoms with Crippen LogP contribution in [-0.2, 0) is 51.2 Å². The molecule has 0 spiro atoms. The normalized spacial score (nSPS) is 26.6. The summed E-state index contributed by atoms with van der Waals surface area (Å²) >= 11 is 0. The molecule has 0 aromatic carbocycles. The number of phosphoric acid groups is 2. The number of aromatic nitrogens is 6. The van der Waals surface area contributed by atoms with Crippen molar-refractivity contribution >= 4 is 50.3 Å². The highest BCUT2D eigenvalue weighted by molar-refractivity contribution is 7.47. The predicted molar refractivity (Wildman–Crippen MR) is 195 cm³/mol. The summed E-state index contributed by atoms with van der Waals surface area (Å²) in [4.78, 5) is 83.7. The molecule has 0 saturated carbocycles. The van der Waals surface area contributed by atoms with Crippen LogP contribution in [0.2, 0.25) is 0 Å². The van der Waals surface area contributed by atoms with E-state index in [1.165, 1.54) is 23.9 Å². The van der Waals surface area contributed by atoms with Crippen LogP contribution in [0.4, 0.5) is 11.6 Å². The zero-order valence-corrected chi connectivity index (χ0v) is 32.7. The number of aliphatic hydroxyl groups excluding tert-OH is 3. The van der Waals surface area contributed by atoms with Gasteiger partial charge in [0, 0.05) is 12.6 Å². The molecule has 2 aliphatic heterocycles. The molecule has 0 radical (unpaired) electrons. The van der Waals surface area contributed by atoms with Crippen molar-refractivity contribution in [3.05, 3.63) is 48.1 Å². The van der Waals surface area contributed by atoms with E-state index in [2.05, 4.69) is 36.4 Å². The van der Waals surface area contributed by atoms with Crippen LogP contribution in [0.5, 0.6) is 0 Å². The van der Waals surface area contributed by atoms with Crippen LogP contribution in [-0.4, -0.2) is 146 Å². The van der Waals surface area contributed by atoms with E-state index in [1.54, 1.807) is 0 Å². The second-order valence-electron chi connectivity index (χ2n) is 13.1. The minimum absolute atomic E-state index is 0.0305. The fraction of sp³-hybridized carbons (Fsp3) is 0.567. The highest BCUT2D eigenvalue weighted by Crippen LogP contribution is 2.50. The second kappa shape index (κ2) is 19.4. The quantitative estimate of drug-likeness (QED) is 0.0313. The van der Waals surface area contributed by atoms with Crippen molar-refractivity contribution < 1.29 is 81.2 Å². The molecule has 11 atom stereocenters. The molecule has 59 heavy (non-hydrogen) atoms. The molecule has 3 aromatic rings. The Balaban J connectivity index is 1.39. The Kier molecular flexibility index (Phi) is 15.0. The molecule has 1 amide bonds. The molecule has 0 aliphatic carbocycles. The molecule has 11 N–H and O–H groups in total. The number of nitrogens with zero attached hydrogens (tertiary/aromatic N) is 6. The number of allylic oxidation sites excluding steroid dienone is 1. The van der Waals surface area contributed by atoms with Crippen molar-refractivity contribution in [3.8, 4) is 0 Å². The van der Waals surface area contributed by atoms with Crippen LogP contribution in [0.25, 0.3) is 11.2 Å². The molecule has 1 unspecified atom stereocenters. The van der Waals surface area contributed by atoms with Crippen molar-refractivity contribution in [1.82, 2.24) is 34.4 Å². The van der Waals surface area contributed by atoms with Gasteiger partial charge in [-0.3, -0.25) is 27.5 Å². The minimum atomic E-state index is -5.43. The lowest BCUT2D eigenvalue weighted by Gasteiger charge is -2.26. The molecular formula is C30H43N9O18P2. The zero-order valence-electron chi connectivity index (χ0n) is 30.9. The zero-order chi connectivity index (χ0) is 43.2. The van der Waals surface area contributed by atoms with Gasteiger partial charge in [-0.25, -0.2) is 33.7 Å². The molecule has 2 saturated heterocycles. The number of imidazole rings is 1. The summed E-state index contributed by atoms with van der Waals surface area (Å²) in [6, 6.07) is -0.337. The van der Waals surface area contributed by atoms with Gasteiger partial charge in [-0.2, -0.15) is 4.98 Å². The molecule has 5 rings (SSSR count). The number of amides is 1. The monoisotopic (exact) mass is 879 g/mol. The van der Waals surface area contributed by atoms with Gasteiger partial charge in [-0.05, 0) is 19.4 Å². The van der Waals surface area contributed by atoms with Crippen LogP contribution in [0.1, 0.15) is 32.2 Å². The van der Waals surface area contributed by atoms with Crippen molar-refractivity contribution in [2.24, 2.45) is 0 Å². The number of ether oxygens (including phenoxy) is 4. The first kappa shape index (κ1) is 45.8. The number of nitrogens with two attached hydrogens (primary N) is 2. The molecule has 29 heteroatoms. The first-order chi connectivity index (χ1) is 27.8. The number of hydrogen-bond acceptors (Lipinski definition) is 21. The number of carbonyl (C=O) groups excluding carboxylic acids is 2. The largest absolute Gasteiger partial charge is 0.472 e. The van der Waals surface area contributed by atoms with E-state index in [4.69, 9.17) is 39.5 Å². The number of nitrogen functional groups attached to an aromatic ring is 2. The summed E-state index contributed by atoms with van der Waals surface area (Å²) in [5, 5.41) is 34.7. The molecule has 3 aromatic heterocycles. The fourth-order valence-electron chi connectivity index (χ4n) is 5.88. The van der Waals surface area contributed by atoms with Crippen molar-refractivity contribution in [1.29, 1.82) is 0 Å². The molecule has 5 heterocycles. The third-order valence-electron chi connectivity index (χ3n) is 8.56. The average molecular weight is 880 g/mol. The number of phosphoric ester groups is 2. The molecule has 27 nitrogen and oxygen atoms in total. The maximum absolute atomic E-state index is 13.6. The molecule has 326 valence electrons. The summed E-state index contributed by atoms with van der Waals surface area (Å²) in [5.41, 5.74) is 10.6. The minimum Gasteiger partial charge on any atom is -0.455 e. The highest BCUT2D eigenvalue weighted by Gasteiger charge is 2.52. The van der Waals surface area contributed by atoms with E-state index in [9.17, 15) is 53.5 Å². The average Bonchev–Trinajstić information content (AvgIpc) is 3.81. The Labute approximate surface area is 332 Å². The number of hydrogen-bond donors (Lipinski definition) is 9. The van der Waals surface area contributed by atoms with Crippen molar-refractivity contribution in [2.45, 2.75) is 81.0 Å². The standard InChI is InChI=1S/C30H43N9O18P2/c1-3-4-5-19(41)36-15(9-51-8-14(2)40)29(44)56-23-16(54-28(21(23)42)39-13-35-20-25(32)33-12-34-26(20)39)11-53-59(49,50)57-24-17(10-52-58(46,47)48)55-27(22(24)43)38-7-6-18(31)37-30(38)45/h3,6-7,12-17,21-24,27-28,40,42-43H,1,4-5,8-11H2,2H3,(H,36,41)(H,49,50)(H2,31,37,45)(H2,32,33,34)(H2,46,47,48)/t14-,15+,16-,17-,21-,22-,23-,24-,27-,28-/m1/s1. The summed E-state index contributed by atoms with van der Waals surface area (Å²) in [6.07, 6.45) is -9.99. The Morgan fingerprint density at radius 1 is 1.02 bits per heavy atom. The second-order valence-corrected chi connectivity index (χ2v) is 15.7. The first-order valence-corrected chi connectivity index (χ1v) is 20.5. The van der Waals surface area contributed by atoms with Crippen LogP contribution in [0.15, 0.2) is 42.4 Å². The SMILES string of the molecule is C=CCCC(=O)N[C@@H](COC[C@@H](C)O)C(=O)O[C@H]1[C@@H](O)[C@H](n2cnc3c(N)ncnc32)O[C@@H]1COP(=O)(O)O[C@H]1[C@@H](O)[C@H](n2ccc(N)nc2=O)O[C@@H]1COP(=O)(O)O. The number of anilines is 2. The molecular weight excluding hydrogens is 836 g/mol. The predicted octanol–water partition coefficient (Wildman–Crippen LogP) is -2.86. The molecule has 2 aliphatic rings. The Bertz CT molecular complexity index is 2120. The summed E-state index contributed by atoms with van der Waals surface area (Å²) < 4.78 is 64.3. The Hall–Kier alpha value is -4.31. The van der Waals surface area contributed by atoms with Gasteiger partial charge in [0.25, 0.3) is 0 Å². The van der Waals surface area contributed by atoms with Crippen LogP contribution in [0.3, 0.4) is 0 Å². The van der Waals surface area contributed by atoms with E-state index < -0.39 is 114 Å². The first-order valence-electron chi connectivity index (χ1n) is 17.5. The maximum Gasteiger partial charge on any atom is 0.472 e. The van der Waals surface area contributed by atoms with Crippen molar-refractivity contribution in [2.75, 3.05) is 37.9 Å². The molecule has 2 fully saturated rings. The van der Waals surface area contributed by atoms with Gasteiger partial charge in [-0.1, -0.05) is 6.08 Å². The molecule has 0 bridgehead atoms. The van der Waals surface area contributed by atoms with Crippen LogP contribution >= 0.6 is 15.6 Å². The van der Waals surface area contributed by atoms with Gasteiger partial charge in [-0.15, -0.1) is 6.58 Å². The number of nitrogens with one attached hydrogen (secondary N) is 1. The number of aliphatic hydroxyl groups is 3. The fourth-order valence-corrected chi connectivity index (χ4v) is 7.19. The van der Waals surface area contributed by atoms with Gasteiger partial charge in [0.1, 0.15) is 48.2 Å². The summed E-state index contributed by atoms with van der Waals surface area (Å²) in [7, 11) is -10.6. The van der Waals surface area contributed by atoms with Gasteiger partial charge in [0.15, 0.2) is 36.1 Å². The van der Waals surface area contributed by atoms with Gasteiger partial charge in [0.05, 0.1) is 38.9 Å². The van der Waals surface area contributed by atoms with Crippen LogP contribution in [0, 0.1) is 0 Å². The van der Waals surface area contributed by atoms with Crippen molar-refractivity contribution in [3.63, 3.8) is 0 Å². The van der Waals surface area contributed by atoms with E-state index in [0.717, 1.165) is 23.2 Å². The summed E-state index contributed by atoms with van der Waals surface area (Å²) in [6.45, 7) is 2.21. The summed E-state index contributed by atoms with van der Waals surface area (Å²) in [5.74, 6) is -1.99. The number of rotatable bonds is 20. The van der Waals surface area contributed by atoms with Gasteiger partial charge in [0.2, 0.25) is 5.91 Å². The maximum atomic E-state index is 13.6. The van der Waals surface area contributed by atoms with Crippen LogP contribution < -0.4 is 22.5 Å². The van der Waals surface area contributed by atoms with E-state index in [0.29, 0.717) is 0 Å². The Morgan fingerprint density at radius 3 is 2.34 bits per heavy atom. The lowest BCUT2D eigenvalue weighted by atomic mass is 10.1. The highest BCUT2D eigenvalue weighted by atomic mass is 31.2. The smallest absolute Gasteiger partial charge is 0.455 e. The third kappa shape index (κ3) is 11.7. The van der Waals surface area contributed by atoms with E-state index in [-0.39, 0.29) is 42.2 Å². The number of esters is 1. The van der Waals surface area contributed by atoms with E-state index in [1.807, 2.05) is 0 Å². The topological polar surface area (TPSA) is 397 Å². The number of carbonyl (C=O) groups is 2. The number of fused-ring (bicyclic) bond motifs is 1.